The van der Waals surface area contributed by atoms with Crippen LogP contribution >= 0.6 is 15.9 Å². The van der Waals surface area contributed by atoms with Gasteiger partial charge in [0, 0.05) is 0 Å². The molecule has 0 radical (unpaired) electrons. The first kappa shape index (κ1) is 11.3. The zero-order valence-electron chi connectivity index (χ0n) is 7.64. The molecule has 0 heterocycles. The van der Waals surface area contributed by atoms with Crippen LogP contribution in [0.3, 0.4) is 0 Å². The lowest BCUT2D eigenvalue weighted by Crippen LogP contribution is -2.10. The number of rotatable bonds is 3. The average molecular weight is 264 g/mol. The Balaban J connectivity index is 3.06. The van der Waals surface area contributed by atoms with Gasteiger partial charge >= 0.3 is 0 Å². The van der Waals surface area contributed by atoms with Gasteiger partial charge in [-0.25, -0.2) is 4.39 Å². The lowest BCUT2D eigenvalue weighted by atomic mass is 10.1. The fourth-order valence-electron chi connectivity index (χ4n) is 1.10. The summed E-state index contributed by atoms with van der Waals surface area (Å²) >= 11 is 2.91. The molecule has 1 aromatic rings. The molecule has 0 aromatic heterocycles. The second kappa shape index (κ2) is 4.61. The summed E-state index contributed by atoms with van der Waals surface area (Å²) in [6, 6.07) is 1.13. The maximum absolute atomic E-state index is 13.0. The third-order valence-corrected chi connectivity index (χ3v) is 2.64. The highest BCUT2D eigenvalue weighted by Gasteiger charge is 2.14. The summed E-state index contributed by atoms with van der Waals surface area (Å²) in [7, 11) is 1.77. The third-order valence-electron chi connectivity index (χ3n) is 1.89. The van der Waals surface area contributed by atoms with E-state index < -0.39 is 11.6 Å². The van der Waals surface area contributed by atoms with Crippen molar-refractivity contribution >= 4 is 15.9 Å². The molecule has 3 N–H and O–H groups in total. The van der Waals surface area contributed by atoms with Crippen LogP contribution < -0.4 is 5.32 Å². The molecule has 0 unspecified atom stereocenters. The van der Waals surface area contributed by atoms with Crippen LogP contribution in [0.5, 0.6) is 11.5 Å². The fraction of sp³-hybridized carbons (Fsp3) is 0.333. The first-order chi connectivity index (χ1) is 6.57. The number of hydrogen-bond donors (Lipinski definition) is 3. The van der Waals surface area contributed by atoms with Gasteiger partial charge in [-0.05, 0) is 47.6 Å². The Morgan fingerprint density at radius 1 is 1.43 bits per heavy atom. The van der Waals surface area contributed by atoms with E-state index in [1.807, 2.05) is 0 Å². The average Bonchev–Trinajstić information content (AvgIpc) is 2.18. The molecule has 1 rings (SSSR count). The van der Waals surface area contributed by atoms with Crippen molar-refractivity contribution in [2.75, 3.05) is 13.6 Å². The van der Waals surface area contributed by atoms with Crippen molar-refractivity contribution in [3.8, 4) is 11.5 Å². The van der Waals surface area contributed by atoms with Crippen LogP contribution in [0.15, 0.2) is 10.5 Å². The van der Waals surface area contributed by atoms with Crippen molar-refractivity contribution < 1.29 is 14.6 Å². The number of likely N-dealkylation sites (N-methyl/N-ethyl adjacent to an activating group) is 1. The number of halogens is 2. The molecule has 0 fully saturated rings. The largest absolute Gasteiger partial charge is 0.506 e. The van der Waals surface area contributed by atoms with Crippen LogP contribution in [-0.2, 0) is 6.42 Å². The summed E-state index contributed by atoms with van der Waals surface area (Å²) in [6.07, 6.45) is 0.498. The summed E-state index contributed by atoms with van der Waals surface area (Å²) < 4.78 is 13.0. The van der Waals surface area contributed by atoms with E-state index in [2.05, 4.69) is 21.2 Å². The van der Waals surface area contributed by atoms with Crippen LogP contribution in [0.25, 0.3) is 0 Å². The second-order valence-corrected chi connectivity index (χ2v) is 3.68. The van der Waals surface area contributed by atoms with Gasteiger partial charge < -0.3 is 15.5 Å². The summed E-state index contributed by atoms with van der Waals surface area (Å²) in [5.41, 5.74) is 0.460. The molecule has 0 atom stereocenters. The van der Waals surface area contributed by atoms with Crippen molar-refractivity contribution in [3.63, 3.8) is 0 Å². The topological polar surface area (TPSA) is 52.5 Å². The normalized spacial score (nSPS) is 10.5. The minimum atomic E-state index is -0.735. The van der Waals surface area contributed by atoms with Crippen LogP contribution in [-0.4, -0.2) is 23.8 Å². The van der Waals surface area contributed by atoms with E-state index in [1.54, 1.807) is 7.05 Å². The van der Waals surface area contributed by atoms with Crippen LogP contribution in [0.2, 0.25) is 0 Å². The molecule has 0 bridgehead atoms. The fourth-order valence-corrected chi connectivity index (χ4v) is 1.54. The van der Waals surface area contributed by atoms with E-state index in [1.165, 1.54) is 0 Å². The van der Waals surface area contributed by atoms with E-state index in [0.717, 1.165) is 6.07 Å². The summed E-state index contributed by atoms with van der Waals surface area (Å²) in [4.78, 5) is 0. The van der Waals surface area contributed by atoms with Gasteiger partial charge in [0.05, 0.1) is 0 Å². The Bertz CT molecular complexity index is 344. The maximum Gasteiger partial charge on any atom is 0.169 e. The highest BCUT2D eigenvalue weighted by molar-refractivity contribution is 9.10. The molecule has 5 heteroatoms. The molecule has 1 aromatic carbocycles. The molecule has 78 valence electrons. The van der Waals surface area contributed by atoms with Crippen LogP contribution in [0.1, 0.15) is 5.56 Å². The summed E-state index contributed by atoms with van der Waals surface area (Å²) in [5, 5.41) is 21.6. The van der Waals surface area contributed by atoms with Gasteiger partial charge in [0.1, 0.15) is 10.2 Å². The van der Waals surface area contributed by atoms with Gasteiger partial charge in [-0.3, -0.25) is 0 Å². The lowest BCUT2D eigenvalue weighted by molar-refractivity contribution is 0.410. The van der Waals surface area contributed by atoms with E-state index in [9.17, 15) is 9.50 Å². The Labute approximate surface area is 89.7 Å². The van der Waals surface area contributed by atoms with E-state index in [0.29, 0.717) is 18.5 Å². The van der Waals surface area contributed by atoms with E-state index in [-0.39, 0.29) is 10.2 Å². The highest BCUT2D eigenvalue weighted by Crippen LogP contribution is 2.37. The Kier molecular flexibility index (Phi) is 3.71. The predicted molar refractivity (Wildman–Crippen MR) is 55.1 cm³/mol. The quantitative estimate of drug-likeness (QED) is 0.779. The summed E-state index contributed by atoms with van der Waals surface area (Å²) in [6.45, 7) is 0.629. The minimum Gasteiger partial charge on any atom is -0.506 e. The zero-order valence-corrected chi connectivity index (χ0v) is 9.23. The lowest BCUT2D eigenvalue weighted by Gasteiger charge is -2.08. The molecule has 0 aliphatic carbocycles. The Hall–Kier alpha value is -0.810. The van der Waals surface area contributed by atoms with Crippen molar-refractivity contribution in [3.05, 3.63) is 21.9 Å². The van der Waals surface area contributed by atoms with Gasteiger partial charge in [0.2, 0.25) is 0 Å². The second-order valence-electron chi connectivity index (χ2n) is 2.88. The minimum absolute atomic E-state index is 0.00334. The van der Waals surface area contributed by atoms with Gasteiger partial charge in [-0.1, -0.05) is 0 Å². The van der Waals surface area contributed by atoms with Crippen LogP contribution in [0, 0.1) is 5.82 Å². The molecule has 0 spiro atoms. The molecule has 3 nitrogen and oxygen atoms in total. The Morgan fingerprint density at radius 2 is 2.07 bits per heavy atom. The molecule has 0 aliphatic rings. The van der Waals surface area contributed by atoms with Crippen molar-refractivity contribution in [2.45, 2.75) is 6.42 Å². The SMILES string of the molecule is CNCCc1cc(F)c(O)c(Br)c1O. The third kappa shape index (κ3) is 2.16. The van der Waals surface area contributed by atoms with Gasteiger partial charge in [0.25, 0.3) is 0 Å². The molecular formula is C9H11BrFNO2. The van der Waals surface area contributed by atoms with E-state index >= 15 is 0 Å². The number of nitrogens with one attached hydrogen (secondary N) is 1. The number of hydrogen-bond acceptors (Lipinski definition) is 3. The van der Waals surface area contributed by atoms with Crippen molar-refractivity contribution in [1.82, 2.24) is 5.32 Å². The smallest absolute Gasteiger partial charge is 0.169 e. The number of benzene rings is 1. The van der Waals surface area contributed by atoms with Crippen LogP contribution in [0.4, 0.5) is 4.39 Å². The highest BCUT2D eigenvalue weighted by atomic mass is 79.9. The first-order valence-corrected chi connectivity index (χ1v) is 4.90. The number of phenols is 2. The maximum atomic E-state index is 13.0. The van der Waals surface area contributed by atoms with Crippen molar-refractivity contribution in [2.24, 2.45) is 0 Å². The Morgan fingerprint density at radius 3 is 2.64 bits per heavy atom. The number of aromatic hydroxyl groups is 2. The predicted octanol–water partition coefficient (Wildman–Crippen LogP) is 1.76. The number of phenolic OH excluding ortho intramolecular Hbond substituents is 2. The van der Waals surface area contributed by atoms with Crippen molar-refractivity contribution in [1.29, 1.82) is 0 Å². The van der Waals surface area contributed by atoms with Gasteiger partial charge in [-0.15, -0.1) is 0 Å². The molecule has 0 amide bonds. The first-order valence-electron chi connectivity index (χ1n) is 4.11. The monoisotopic (exact) mass is 263 g/mol. The van der Waals surface area contributed by atoms with Gasteiger partial charge in [0.15, 0.2) is 11.6 Å². The molecular weight excluding hydrogens is 253 g/mol. The zero-order chi connectivity index (χ0) is 10.7. The standard InChI is InChI=1S/C9H11BrFNO2/c1-12-3-2-5-4-6(11)9(14)7(10)8(5)13/h4,12-14H,2-3H2,1H3. The molecule has 14 heavy (non-hydrogen) atoms. The summed E-state index contributed by atoms with van der Waals surface area (Å²) in [5.74, 6) is -1.41. The van der Waals surface area contributed by atoms with E-state index in [4.69, 9.17) is 5.11 Å². The molecule has 0 saturated heterocycles. The molecule has 0 aliphatic heterocycles. The van der Waals surface area contributed by atoms with Gasteiger partial charge in [-0.2, -0.15) is 0 Å². The molecule has 0 saturated carbocycles.